The SMILES string of the molecule is CC(C)c1cc(NC(=O)Nc2cc(-c3cc4cnc(N[C@@H](C)CO)nc4n(C)c3=O)ccc2F)on1. The monoisotopic (exact) mass is 495 g/mol. The summed E-state index contributed by atoms with van der Waals surface area (Å²) in [5, 5.41) is 21.5. The number of fused-ring (bicyclic) bond motifs is 1. The fraction of sp³-hybridized carbons (Fsp3) is 0.292. The number of aliphatic hydroxyl groups is 1. The molecular formula is C24H26FN7O4. The number of nitrogens with zero attached hydrogens (tertiary/aromatic N) is 4. The molecule has 188 valence electrons. The third-order valence-electron chi connectivity index (χ3n) is 5.48. The number of anilines is 3. The second-order valence-electron chi connectivity index (χ2n) is 8.67. The first-order valence-electron chi connectivity index (χ1n) is 11.2. The van der Waals surface area contributed by atoms with Gasteiger partial charge in [-0.15, -0.1) is 0 Å². The Hall–Kier alpha value is -4.32. The van der Waals surface area contributed by atoms with Gasteiger partial charge in [-0.05, 0) is 36.6 Å². The van der Waals surface area contributed by atoms with E-state index in [2.05, 4.69) is 31.1 Å². The van der Waals surface area contributed by atoms with Crippen molar-refractivity contribution in [1.29, 1.82) is 0 Å². The van der Waals surface area contributed by atoms with Gasteiger partial charge in [0.2, 0.25) is 11.8 Å². The Morgan fingerprint density at radius 1 is 1.19 bits per heavy atom. The number of carbonyl (C=O) groups excluding carboxylic acids is 1. The van der Waals surface area contributed by atoms with Crippen LogP contribution < -0.4 is 21.5 Å². The molecule has 0 radical (unpaired) electrons. The number of rotatable bonds is 7. The molecule has 0 bridgehead atoms. The van der Waals surface area contributed by atoms with Crippen molar-refractivity contribution >= 4 is 34.6 Å². The molecule has 4 N–H and O–H groups in total. The van der Waals surface area contributed by atoms with Crippen LogP contribution in [0.2, 0.25) is 0 Å². The van der Waals surface area contributed by atoms with Gasteiger partial charge in [0.1, 0.15) is 11.5 Å². The summed E-state index contributed by atoms with van der Waals surface area (Å²) < 4.78 is 20.9. The van der Waals surface area contributed by atoms with Gasteiger partial charge < -0.3 is 20.3 Å². The standard InChI is InChI=1S/C24H26FN7O4/c1-12(2)18-9-20(36-31-18)29-24(35)28-19-8-14(5-6-17(19)25)16-7-15-10-26-23(27-13(3)11-33)30-21(15)32(4)22(16)34/h5-10,12-13,33H,11H2,1-4H3,(H,26,27,30)(H2,28,29,35)/t13-/m0/s1. The second-order valence-corrected chi connectivity index (χ2v) is 8.67. The molecule has 12 heteroatoms. The summed E-state index contributed by atoms with van der Waals surface area (Å²) in [5.74, 6) is -0.163. The summed E-state index contributed by atoms with van der Waals surface area (Å²) >= 11 is 0. The van der Waals surface area contributed by atoms with Gasteiger partial charge in [-0.2, -0.15) is 4.98 Å². The summed E-state index contributed by atoms with van der Waals surface area (Å²) in [4.78, 5) is 34.1. The number of aryl methyl sites for hydroxylation is 1. The van der Waals surface area contributed by atoms with E-state index in [1.165, 1.54) is 22.8 Å². The largest absolute Gasteiger partial charge is 0.394 e. The number of urea groups is 1. The van der Waals surface area contributed by atoms with Crippen LogP contribution >= 0.6 is 0 Å². The molecule has 0 saturated carbocycles. The van der Waals surface area contributed by atoms with Crippen molar-refractivity contribution in [3.05, 3.63) is 58.4 Å². The van der Waals surface area contributed by atoms with Crippen molar-refractivity contribution in [1.82, 2.24) is 19.7 Å². The fourth-order valence-electron chi connectivity index (χ4n) is 3.46. The second kappa shape index (κ2) is 10.1. The first-order chi connectivity index (χ1) is 17.2. The minimum Gasteiger partial charge on any atom is -0.394 e. The maximum atomic E-state index is 14.5. The summed E-state index contributed by atoms with van der Waals surface area (Å²) in [5.41, 5.74) is 1.24. The summed E-state index contributed by atoms with van der Waals surface area (Å²) in [6, 6.07) is 6.19. The van der Waals surface area contributed by atoms with Crippen molar-refractivity contribution in [3.63, 3.8) is 0 Å². The molecular weight excluding hydrogens is 469 g/mol. The van der Waals surface area contributed by atoms with E-state index in [0.29, 0.717) is 22.3 Å². The van der Waals surface area contributed by atoms with Crippen LogP contribution in [0.5, 0.6) is 0 Å². The quantitative estimate of drug-likeness (QED) is 0.304. The molecule has 0 aliphatic carbocycles. The normalized spacial score (nSPS) is 12.1. The zero-order valence-corrected chi connectivity index (χ0v) is 20.2. The van der Waals surface area contributed by atoms with Crippen molar-refractivity contribution in [2.45, 2.75) is 32.7 Å². The first-order valence-corrected chi connectivity index (χ1v) is 11.2. The van der Waals surface area contributed by atoms with Gasteiger partial charge in [0, 0.05) is 36.3 Å². The zero-order chi connectivity index (χ0) is 26.0. The molecule has 11 nitrogen and oxygen atoms in total. The lowest BCUT2D eigenvalue weighted by Gasteiger charge is -2.13. The predicted octanol–water partition coefficient (Wildman–Crippen LogP) is 3.68. The van der Waals surface area contributed by atoms with Gasteiger partial charge in [-0.1, -0.05) is 25.1 Å². The van der Waals surface area contributed by atoms with Crippen LogP contribution in [0.4, 0.5) is 26.7 Å². The molecule has 0 saturated heterocycles. The van der Waals surface area contributed by atoms with E-state index in [1.807, 2.05) is 13.8 Å². The van der Waals surface area contributed by atoms with Gasteiger partial charge in [0.05, 0.1) is 18.0 Å². The third-order valence-corrected chi connectivity index (χ3v) is 5.48. The predicted molar refractivity (Wildman–Crippen MR) is 134 cm³/mol. The Balaban J connectivity index is 1.62. The highest BCUT2D eigenvalue weighted by Gasteiger charge is 2.16. The highest BCUT2D eigenvalue weighted by molar-refractivity contribution is 5.99. The fourth-order valence-corrected chi connectivity index (χ4v) is 3.46. The van der Waals surface area contributed by atoms with E-state index >= 15 is 0 Å². The lowest BCUT2D eigenvalue weighted by molar-refractivity contribution is 0.261. The Morgan fingerprint density at radius 3 is 2.67 bits per heavy atom. The molecule has 0 spiro atoms. The average Bonchev–Trinajstić information content (AvgIpc) is 3.31. The Bertz CT molecular complexity index is 1480. The highest BCUT2D eigenvalue weighted by Crippen LogP contribution is 2.26. The van der Waals surface area contributed by atoms with E-state index in [9.17, 15) is 19.1 Å². The first kappa shape index (κ1) is 24.8. The molecule has 2 amide bonds. The van der Waals surface area contributed by atoms with Gasteiger partial charge in [0.25, 0.3) is 5.56 Å². The number of halogens is 1. The maximum Gasteiger partial charge on any atom is 0.326 e. The molecule has 0 aliphatic heterocycles. The Morgan fingerprint density at radius 2 is 1.97 bits per heavy atom. The third kappa shape index (κ3) is 5.18. The van der Waals surface area contributed by atoms with Crippen LogP contribution in [-0.4, -0.2) is 43.5 Å². The van der Waals surface area contributed by atoms with Crippen molar-refractivity contribution in [2.24, 2.45) is 7.05 Å². The van der Waals surface area contributed by atoms with Crippen LogP contribution in [0.1, 0.15) is 32.4 Å². The van der Waals surface area contributed by atoms with Crippen LogP contribution in [0.15, 0.2) is 45.8 Å². The minimum atomic E-state index is -0.727. The summed E-state index contributed by atoms with van der Waals surface area (Å²) in [7, 11) is 1.57. The highest BCUT2D eigenvalue weighted by atomic mass is 19.1. The molecule has 36 heavy (non-hydrogen) atoms. The molecule has 3 heterocycles. The van der Waals surface area contributed by atoms with Crippen molar-refractivity contribution in [3.8, 4) is 11.1 Å². The number of pyridine rings is 1. The number of amides is 2. The smallest absolute Gasteiger partial charge is 0.326 e. The number of aliphatic hydroxyl groups excluding tert-OH is 1. The molecule has 4 rings (SSSR count). The molecule has 0 unspecified atom stereocenters. The number of nitrogens with one attached hydrogen (secondary N) is 3. The average molecular weight is 496 g/mol. The van der Waals surface area contributed by atoms with Crippen molar-refractivity contribution in [2.75, 3.05) is 22.6 Å². The number of hydrogen-bond acceptors (Lipinski definition) is 8. The number of carbonyl (C=O) groups is 1. The molecule has 0 fully saturated rings. The van der Waals surface area contributed by atoms with Gasteiger partial charge >= 0.3 is 6.03 Å². The molecule has 1 atom stereocenters. The molecule has 3 aromatic heterocycles. The van der Waals surface area contributed by atoms with Crippen LogP contribution in [-0.2, 0) is 7.05 Å². The minimum absolute atomic E-state index is 0.102. The maximum absolute atomic E-state index is 14.5. The Kier molecular flexibility index (Phi) is 6.97. The van der Waals surface area contributed by atoms with Gasteiger partial charge in [0.15, 0.2) is 0 Å². The Labute approximate surface area is 205 Å². The van der Waals surface area contributed by atoms with E-state index in [1.54, 1.807) is 32.3 Å². The van der Waals surface area contributed by atoms with E-state index < -0.39 is 11.8 Å². The number of benzene rings is 1. The summed E-state index contributed by atoms with van der Waals surface area (Å²) in [6.07, 6.45) is 1.55. The van der Waals surface area contributed by atoms with E-state index in [4.69, 9.17) is 4.52 Å². The van der Waals surface area contributed by atoms with Crippen LogP contribution in [0.3, 0.4) is 0 Å². The van der Waals surface area contributed by atoms with E-state index in [-0.39, 0.29) is 47.2 Å². The van der Waals surface area contributed by atoms with E-state index in [0.717, 1.165) is 0 Å². The summed E-state index contributed by atoms with van der Waals surface area (Å²) in [6.45, 7) is 5.53. The van der Waals surface area contributed by atoms with Crippen molar-refractivity contribution < 1.29 is 18.8 Å². The number of hydrogen-bond donors (Lipinski definition) is 4. The zero-order valence-electron chi connectivity index (χ0n) is 20.2. The molecule has 1 aromatic carbocycles. The number of aromatic nitrogens is 4. The molecule has 4 aromatic rings. The van der Waals surface area contributed by atoms with Crippen LogP contribution in [0, 0.1) is 5.82 Å². The lowest BCUT2D eigenvalue weighted by atomic mass is 10.1. The lowest BCUT2D eigenvalue weighted by Crippen LogP contribution is -2.23. The molecule has 0 aliphatic rings. The topological polar surface area (TPSA) is 147 Å². The van der Waals surface area contributed by atoms with Gasteiger partial charge in [-0.25, -0.2) is 14.2 Å². The van der Waals surface area contributed by atoms with Crippen LogP contribution in [0.25, 0.3) is 22.2 Å². The van der Waals surface area contributed by atoms with Gasteiger partial charge in [-0.3, -0.25) is 14.7 Å².